The Labute approximate surface area is 207 Å². The molecule has 6 nitrogen and oxygen atoms in total. The molecule has 3 aromatic carbocycles. The Morgan fingerprint density at radius 3 is 2.53 bits per heavy atom. The van der Waals surface area contributed by atoms with Gasteiger partial charge in [0.05, 0.1) is 25.1 Å². The summed E-state index contributed by atoms with van der Waals surface area (Å²) >= 11 is 0. The van der Waals surface area contributed by atoms with Gasteiger partial charge in [-0.05, 0) is 61.0 Å². The predicted molar refractivity (Wildman–Crippen MR) is 134 cm³/mol. The number of hydrogen-bond acceptors (Lipinski definition) is 5. The van der Waals surface area contributed by atoms with E-state index in [4.69, 9.17) is 4.74 Å². The molecule has 3 aromatic rings. The average Bonchev–Trinajstić information content (AvgIpc) is 3.36. The van der Waals surface area contributed by atoms with E-state index < -0.39 is 29.2 Å². The van der Waals surface area contributed by atoms with Gasteiger partial charge in [0, 0.05) is 22.5 Å². The van der Waals surface area contributed by atoms with Crippen molar-refractivity contribution in [3.63, 3.8) is 0 Å². The molecular formula is C29H23FN2O4. The molecule has 1 N–H and O–H groups in total. The molecule has 1 amide bonds. The zero-order chi connectivity index (χ0) is 25.2. The summed E-state index contributed by atoms with van der Waals surface area (Å²) in [5, 5.41) is 2.97. The second kappa shape index (κ2) is 7.88. The van der Waals surface area contributed by atoms with Crippen molar-refractivity contribution in [2.45, 2.75) is 24.4 Å². The van der Waals surface area contributed by atoms with E-state index in [0.29, 0.717) is 33.8 Å². The van der Waals surface area contributed by atoms with Crippen molar-refractivity contribution < 1.29 is 23.5 Å². The number of carbonyl (C=O) groups excluding carboxylic acids is 3. The number of nitrogens with zero attached hydrogens (tertiary/aromatic N) is 1. The number of benzene rings is 3. The van der Waals surface area contributed by atoms with Gasteiger partial charge < -0.3 is 15.0 Å². The highest BCUT2D eigenvalue weighted by molar-refractivity contribution is 6.16. The van der Waals surface area contributed by atoms with Crippen LogP contribution in [-0.4, -0.2) is 36.7 Å². The number of carbonyl (C=O) groups is 3. The number of hydrogen-bond donors (Lipinski definition) is 1. The summed E-state index contributed by atoms with van der Waals surface area (Å²) in [5.41, 5.74) is 1.54. The number of halogens is 1. The Kier molecular flexibility index (Phi) is 4.86. The van der Waals surface area contributed by atoms with Crippen LogP contribution >= 0.6 is 0 Å². The summed E-state index contributed by atoms with van der Waals surface area (Å²) in [6.07, 6.45) is 3.59. The maximum absolute atomic E-state index is 14.3. The number of nitrogens with one attached hydrogen (secondary N) is 1. The van der Waals surface area contributed by atoms with Crippen molar-refractivity contribution in [1.82, 2.24) is 0 Å². The molecule has 3 aliphatic rings. The Hall–Kier alpha value is -4.26. The molecule has 4 atom stereocenters. The van der Waals surface area contributed by atoms with Crippen molar-refractivity contribution in [3.05, 3.63) is 95.3 Å². The van der Waals surface area contributed by atoms with E-state index in [2.05, 4.69) is 5.32 Å². The molecule has 6 rings (SSSR count). The Morgan fingerprint density at radius 2 is 1.81 bits per heavy atom. The molecule has 1 saturated heterocycles. The van der Waals surface area contributed by atoms with Crippen LogP contribution in [0, 0.1) is 11.7 Å². The predicted octanol–water partition coefficient (Wildman–Crippen LogP) is 4.40. The molecule has 36 heavy (non-hydrogen) atoms. The number of fused-ring (bicyclic) bond motifs is 6. The monoisotopic (exact) mass is 482 g/mol. The van der Waals surface area contributed by atoms with Gasteiger partial charge >= 0.3 is 0 Å². The molecule has 1 spiro atoms. The molecule has 7 heteroatoms. The van der Waals surface area contributed by atoms with Gasteiger partial charge in [-0.3, -0.25) is 14.4 Å². The second-order valence-electron chi connectivity index (χ2n) is 9.41. The molecule has 0 aromatic heterocycles. The molecule has 0 bridgehead atoms. The highest BCUT2D eigenvalue weighted by Gasteiger charge is 2.69. The summed E-state index contributed by atoms with van der Waals surface area (Å²) < 4.78 is 19.3. The third-order valence-electron chi connectivity index (χ3n) is 7.67. The highest BCUT2D eigenvalue weighted by Crippen LogP contribution is 2.57. The topological polar surface area (TPSA) is 75.7 Å². The van der Waals surface area contributed by atoms with Crippen LogP contribution in [0.3, 0.4) is 0 Å². The molecule has 1 fully saturated rings. The second-order valence-corrected chi connectivity index (χ2v) is 9.41. The lowest BCUT2D eigenvalue weighted by Gasteiger charge is -2.37. The molecule has 3 heterocycles. The number of rotatable bonds is 4. The lowest BCUT2D eigenvalue weighted by atomic mass is 9.64. The van der Waals surface area contributed by atoms with Gasteiger partial charge in [0.1, 0.15) is 17.0 Å². The number of anilines is 2. The standard InChI is InChI=1S/C29H23FN2O4/c1-16(33)26-25(27(34)17-7-11-20(36-2)12-8-17)29(21-5-3-4-6-22(21)31-28(29)35)24-14-9-18-15-19(30)10-13-23(18)32(24)26/h3-15,24-26H,1-2H3,(H,31,35)/t24-,25+,26+,29+/m1/s1. The van der Waals surface area contributed by atoms with Gasteiger partial charge in [0.2, 0.25) is 5.91 Å². The van der Waals surface area contributed by atoms with Crippen molar-refractivity contribution in [3.8, 4) is 5.75 Å². The normalized spacial score (nSPS) is 25.2. The van der Waals surface area contributed by atoms with Crippen LogP contribution in [0.2, 0.25) is 0 Å². The van der Waals surface area contributed by atoms with E-state index in [1.54, 1.807) is 49.6 Å². The van der Waals surface area contributed by atoms with Crippen LogP contribution in [0.25, 0.3) is 6.08 Å². The van der Waals surface area contributed by atoms with Crippen LogP contribution in [0.1, 0.15) is 28.4 Å². The zero-order valence-corrected chi connectivity index (χ0v) is 19.7. The summed E-state index contributed by atoms with van der Waals surface area (Å²) in [5.74, 6) is -1.71. The lowest BCUT2D eigenvalue weighted by molar-refractivity contribution is -0.122. The first-order valence-corrected chi connectivity index (χ1v) is 11.7. The molecule has 0 aliphatic carbocycles. The first-order valence-electron chi connectivity index (χ1n) is 11.7. The highest BCUT2D eigenvalue weighted by atomic mass is 19.1. The molecule has 0 radical (unpaired) electrons. The maximum Gasteiger partial charge on any atom is 0.238 e. The van der Waals surface area contributed by atoms with E-state index in [9.17, 15) is 18.8 Å². The van der Waals surface area contributed by atoms with Crippen molar-refractivity contribution in [2.75, 3.05) is 17.3 Å². The Balaban J connectivity index is 1.63. The van der Waals surface area contributed by atoms with Gasteiger partial charge in [-0.25, -0.2) is 4.39 Å². The SMILES string of the molecule is COc1ccc(C(=O)[C@@H]2[C@H](C(C)=O)N3c4ccc(F)cc4C=C[C@@H]3[C@]23C(=O)Nc2ccccc23)cc1. The molecule has 3 aliphatic heterocycles. The maximum atomic E-state index is 14.3. The van der Waals surface area contributed by atoms with Crippen molar-refractivity contribution in [1.29, 1.82) is 0 Å². The third kappa shape index (κ3) is 2.86. The summed E-state index contributed by atoms with van der Waals surface area (Å²) in [6, 6.07) is 16.8. The number of amides is 1. The minimum absolute atomic E-state index is 0.244. The first-order chi connectivity index (χ1) is 17.4. The third-order valence-corrected chi connectivity index (χ3v) is 7.67. The smallest absolute Gasteiger partial charge is 0.238 e. The van der Waals surface area contributed by atoms with Gasteiger partial charge in [0.25, 0.3) is 0 Å². The summed E-state index contributed by atoms with van der Waals surface area (Å²) in [4.78, 5) is 43.5. The Morgan fingerprint density at radius 1 is 1.06 bits per heavy atom. The van der Waals surface area contributed by atoms with Gasteiger partial charge in [-0.2, -0.15) is 0 Å². The largest absolute Gasteiger partial charge is 0.497 e. The van der Waals surface area contributed by atoms with Gasteiger partial charge in [0.15, 0.2) is 11.6 Å². The fourth-order valence-electron chi connectivity index (χ4n) is 6.24. The molecule has 0 unspecified atom stereocenters. The van der Waals surface area contributed by atoms with Crippen molar-refractivity contribution in [2.24, 2.45) is 5.92 Å². The van der Waals surface area contributed by atoms with Crippen LogP contribution in [0.15, 0.2) is 72.8 Å². The van der Waals surface area contributed by atoms with E-state index in [1.165, 1.54) is 19.1 Å². The van der Waals surface area contributed by atoms with Crippen LogP contribution in [-0.2, 0) is 15.0 Å². The Bertz CT molecular complexity index is 1460. The van der Waals surface area contributed by atoms with Gasteiger partial charge in [-0.1, -0.05) is 30.4 Å². The van der Waals surface area contributed by atoms with E-state index in [-0.39, 0.29) is 17.5 Å². The van der Waals surface area contributed by atoms with Crippen LogP contribution in [0.4, 0.5) is 15.8 Å². The van der Waals surface area contributed by atoms with E-state index in [0.717, 1.165) is 0 Å². The van der Waals surface area contributed by atoms with Gasteiger partial charge in [-0.15, -0.1) is 0 Å². The number of Topliss-reactive ketones (excluding diaryl/α,β-unsaturated/α-hetero) is 2. The molecule has 180 valence electrons. The molecule has 0 saturated carbocycles. The quantitative estimate of drug-likeness (QED) is 0.558. The average molecular weight is 483 g/mol. The summed E-state index contributed by atoms with van der Waals surface area (Å²) in [6.45, 7) is 1.44. The van der Waals surface area contributed by atoms with Crippen LogP contribution in [0.5, 0.6) is 5.75 Å². The number of para-hydroxylation sites is 1. The van der Waals surface area contributed by atoms with E-state index in [1.807, 2.05) is 29.2 Å². The fourth-order valence-corrected chi connectivity index (χ4v) is 6.24. The lowest BCUT2D eigenvalue weighted by Crippen LogP contribution is -2.51. The van der Waals surface area contributed by atoms with E-state index >= 15 is 0 Å². The number of ether oxygens (including phenoxy) is 1. The van der Waals surface area contributed by atoms with Crippen molar-refractivity contribution >= 4 is 34.9 Å². The minimum atomic E-state index is -1.35. The number of ketones is 2. The fraction of sp³-hybridized carbons (Fsp3) is 0.207. The van der Waals surface area contributed by atoms with Crippen LogP contribution < -0.4 is 15.0 Å². The summed E-state index contributed by atoms with van der Waals surface area (Å²) in [7, 11) is 1.54. The zero-order valence-electron chi connectivity index (χ0n) is 19.7. The molecular weight excluding hydrogens is 459 g/mol. The first kappa shape index (κ1) is 22.2. The number of methoxy groups -OCH3 is 1. The minimum Gasteiger partial charge on any atom is -0.497 e.